The highest BCUT2D eigenvalue weighted by Gasteiger charge is 2.57. The predicted molar refractivity (Wildman–Crippen MR) is 198 cm³/mol. The standard InChI is InChI=1S/C41H65NO12/c1-8-28-16-22(2)15-23(3)17-34(52-7)36(47)35-19-25(5)41(51,54-35)38(48)39(49)42-14-10-9-11-29(42)40(50)53-37(26(6)31(44)21-32(28)45)24(4)18-27-12-13-30(43)33(46)20-27/h16,18,23,25-31,33-37,43-44,46-47,51H,8-15,17,19-21H2,1-7H3/b22-16+,24-18+/t23-,25+,26-,27-,28+,29-,30+,31-,33+,34-,35+,36-,37+,41+/m0/s1. The molecule has 1 aliphatic carbocycles. The normalized spacial score (nSPS) is 42.7. The number of fused-ring (bicyclic) bond motifs is 3. The van der Waals surface area contributed by atoms with Crippen LogP contribution in [0, 0.1) is 29.6 Å². The molecule has 13 nitrogen and oxygen atoms in total. The van der Waals surface area contributed by atoms with Crippen molar-refractivity contribution in [2.24, 2.45) is 29.6 Å². The summed E-state index contributed by atoms with van der Waals surface area (Å²) in [6, 6.07) is -1.17. The van der Waals surface area contributed by atoms with Crippen molar-refractivity contribution in [2.75, 3.05) is 13.7 Å². The Balaban J connectivity index is 1.73. The summed E-state index contributed by atoms with van der Waals surface area (Å²) < 4.78 is 17.7. The van der Waals surface area contributed by atoms with Crippen molar-refractivity contribution < 1.29 is 58.9 Å². The quantitative estimate of drug-likeness (QED) is 0.160. The maximum absolute atomic E-state index is 14.1. The minimum atomic E-state index is -2.53. The van der Waals surface area contributed by atoms with E-state index in [0.29, 0.717) is 56.9 Å². The fourth-order valence-electron chi connectivity index (χ4n) is 8.93. The lowest BCUT2D eigenvalue weighted by atomic mass is 9.82. The summed E-state index contributed by atoms with van der Waals surface area (Å²) in [7, 11) is 1.47. The molecule has 3 fully saturated rings. The Labute approximate surface area is 320 Å². The summed E-state index contributed by atoms with van der Waals surface area (Å²) in [5, 5.41) is 55.0. The number of carbonyl (C=O) groups excluding carboxylic acids is 4. The first-order valence-corrected chi connectivity index (χ1v) is 20.0. The Kier molecular flexibility index (Phi) is 15.6. The van der Waals surface area contributed by atoms with E-state index in [1.807, 2.05) is 32.9 Å². The predicted octanol–water partition coefficient (Wildman–Crippen LogP) is 3.16. The Bertz CT molecular complexity index is 1400. The van der Waals surface area contributed by atoms with E-state index in [-0.39, 0.29) is 43.4 Å². The lowest BCUT2D eigenvalue weighted by Gasteiger charge is -2.37. The van der Waals surface area contributed by atoms with Gasteiger partial charge in [0.05, 0.1) is 30.5 Å². The van der Waals surface area contributed by atoms with E-state index in [4.69, 9.17) is 14.2 Å². The zero-order chi connectivity index (χ0) is 40.1. The number of rotatable bonds is 4. The van der Waals surface area contributed by atoms with Gasteiger partial charge < -0.3 is 44.6 Å². The van der Waals surface area contributed by atoms with E-state index in [9.17, 15) is 44.7 Å². The highest BCUT2D eigenvalue weighted by atomic mass is 16.7. The minimum absolute atomic E-state index is 0.00707. The molecular weight excluding hydrogens is 698 g/mol. The molecule has 1 amide bonds. The van der Waals surface area contributed by atoms with Gasteiger partial charge in [0.2, 0.25) is 5.79 Å². The monoisotopic (exact) mass is 763 g/mol. The van der Waals surface area contributed by atoms with Crippen LogP contribution in [0.5, 0.6) is 0 Å². The van der Waals surface area contributed by atoms with Crippen LogP contribution >= 0.6 is 0 Å². The van der Waals surface area contributed by atoms with E-state index in [1.165, 1.54) is 7.11 Å². The van der Waals surface area contributed by atoms with Crippen LogP contribution in [0.4, 0.5) is 0 Å². The molecule has 0 aromatic heterocycles. The first-order valence-electron chi connectivity index (χ1n) is 20.0. The first-order chi connectivity index (χ1) is 25.4. The van der Waals surface area contributed by atoms with Gasteiger partial charge in [-0.1, -0.05) is 45.4 Å². The largest absolute Gasteiger partial charge is 0.456 e. The van der Waals surface area contributed by atoms with Crippen LogP contribution in [-0.2, 0) is 33.4 Å². The smallest absolute Gasteiger partial charge is 0.329 e. The summed E-state index contributed by atoms with van der Waals surface area (Å²) in [4.78, 5) is 56.7. The zero-order valence-electron chi connectivity index (χ0n) is 33.2. The van der Waals surface area contributed by atoms with E-state index in [2.05, 4.69) is 0 Å². The fraction of sp³-hybridized carbons (Fsp3) is 0.805. The second kappa shape index (κ2) is 19.1. The van der Waals surface area contributed by atoms with Crippen LogP contribution in [0.3, 0.4) is 0 Å². The molecule has 54 heavy (non-hydrogen) atoms. The number of allylic oxidation sites excluding steroid dienone is 3. The molecule has 14 atom stereocenters. The molecule has 306 valence electrons. The number of ketones is 2. The maximum atomic E-state index is 14.1. The lowest BCUT2D eigenvalue weighted by Crippen LogP contribution is -2.57. The average Bonchev–Trinajstić information content (AvgIpc) is 3.45. The Morgan fingerprint density at radius 3 is 2.31 bits per heavy atom. The van der Waals surface area contributed by atoms with Gasteiger partial charge in [-0.15, -0.1) is 0 Å². The molecule has 1 saturated carbocycles. The summed E-state index contributed by atoms with van der Waals surface area (Å²) in [5.74, 6) is -8.00. The number of hydrogen-bond donors (Lipinski definition) is 5. The number of piperidine rings is 1. The number of esters is 1. The van der Waals surface area contributed by atoms with Gasteiger partial charge in [0.25, 0.3) is 11.7 Å². The fourth-order valence-corrected chi connectivity index (χ4v) is 8.93. The van der Waals surface area contributed by atoms with Crippen molar-refractivity contribution in [1.82, 2.24) is 4.90 Å². The third-order valence-corrected chi connectivity index (χ3v) is 12.4. The molecule has 0 radical (unpaired) electrons. The van der Waals surface area contributed by atoms with Crippen LogP contribution in [0.25, 0.3) is 0 Å². The van der Waals surface area contributed by atoms with E-state index >= 15 is 0 Å². The molecule has 4 rings (SSSR count). The zero-order valence-corrected chi connectivity index (χ0v) is 33.2. The number of cyclic esters (lactones) is 1. The van der Waals surface area contributed by atoms with Crippen LogP contribution in [0.1, 0.15) is 112 Å². The van der Waals surface area contributed by atoms with Gasteiger partial charge in [0, 0.05) is 37.8 Å². The first kappa shape index (κ1) is 44.2. The van der Waals surface area contributed by atoms with Crippen molar-refractivity contribution in [3.63, 3.8) is 0 Å². The average molecular weight is 764 g/mol. The highest BCUT2D eigenvalue weighted by Crippen LogP contribution is 2.39. The summed E-state index contributed by atoms with van der Waals surface area (Å²) in [5.41, 5.74) is 1.55. The van der Waals surface area contributed by atoms with Crippen LogP contribution in [-0.4, -0.2) is 122 Å². The summed E-state index contributed by atoms with van der Waals surface area (Å²) >= 11 is 0. The minimum Gasteiger partial charge on any atom is -0.456 e. The number of ether oxygens (including phenoxy) is 3. The molecule has 4 aliphatic rings. The van der Waals surface area contributed by atoms with Gasteiger partial charge in [-0.2, -0.15) is 0 Å². The molecule has 0 spiro atoms. The molecule has 2 saturated heterocycles. The van der Waals surface area contributed by atoms with Crippen molar-refractivity contribution >= 4 is 23.4 Å². The van der Waals surface area contributed by atoms with Gasteiger partial charge in [0.15, 0.2) is 0 Å². The number of nitrogens with zero attached hydrogens (tertiary/aromatic N) is 1. The number of Topliss-reactive ketones (excluding diaryl/α,β-unsaturated/α-hetero) is 2. The van der Waals surface area contributed by atoms with Crippen LogP contribution in [0.15, 0.2) is 23.3 Å². The molecule has 3 heterocycles. The Morgan fingerprint density at radius 2 is 1.67 bits per heavy atom. The van der Waals surface area contributed by atoms with Crippen molar-refractivity contribution in [3.8, 4) is 0 Å². The summed E-state index contributed by atoms with van der Waals surface area (Å²) in [6.45, 7) is 10.9. The van der Waals surface area contributed by atoms with E-state index in [0.717, 1.165) is 10.5 Å². The third kappa shape index (κ3) is 10.3. The van der Waals surface area contributed by atoms with Gasteiger partial charge in [-0.05, 0) is 95.5 Å². The summed E-state index contributed by atoms with van der Waals surface area (Å²) in [6.07, 6.45) is 0.905. The Hall–Kier alpha value is -2.52. The van der Waals surface area contributed by atoms with Crippen molar-refractivity contribution in [3.05, 3.63) is 23.3 Å². The third-order valence-electron chi connectivity index (χ3n) is 12.4. The molecule has 13 heteroatoms. The second-order valence-corrected chi connectivity index (χ2v) is 16.7. The van der Waals surface area contributed by atoms with E-state index in [1.54, 1.807) is 20.8 Å². The number of aliphatic hydroxyl groups is 5. The number of carbonyl (C=O) groups is 4. The molecule has 0 aromatic carbocycles. The molecule has 0 aromatic rings. The van der Waals surface area contributed by atoms with Gasteiger partial charge in [-0.25, -0.2) is 4.79 Å². The molecular formula is C41H65NO12. The molecule has 3 aliphatic heterocycles. The molecule has 2 bridgehead atoms. The number of aliphatic hydroxyl groups excluding tert-OH is 4. The van der Waals surface area contributed by atoms with Gasteiger partial charge in [-0.3, -0.25) is 14.4 Å². The van der Waals surface area contributed by atoms with Crippen molar-refractivity contribution in [2.45, 2.75) is 167 Å². The Morgan fingerprint density at radius 1 is 0.963 bits per heavy atom. The number of amides is 1. The topological polar surface area (TPSA) is 200 Å². The lowest BCUT2D eigenvalue weighted by molar-refractivity contribution is -0.225. The number of methoxy groups -OCH3 is 1. The van der Waals surface area contributed by atoms with Gasteiger partial charge >= 0.3 is 5.97 Å². The van der Waals surface area contributed by atoms with E-state index < -0.39 is 90.0 Å². The molecule has 5 N–H and O–H groups in total. The molecule has 0 unspecified atom stereocenters. The van der Waals surface area contributed by atoms with Gasteiger partial charge in [0.1, 0.15) is 24.0 Å². The number of hydrogen-bond acceptors (Lipinski definition) is 12. The second-order valence-electron chi connectivity index (χ2n) is 16.7. The van der Waals surface area contributed by atoms with Crippen molar-refractivity contribution in [1.29, 1.82) is 0 Å². The SMILES string of the molecule is CC[C@@H]1/C=C(\C)C[C@H](C)C[C@H](OC)[C@H](O)[C@H]2C[C@@H](C)[C@@](O)(O2)C(=O)C(=O)N2CCCC[C@H]2C(=O)O[C@H](/C(C)=C/[C@@H]2CC[C@@H](O)[C@H](O)C2)[C@@H](C)[C@@H](O)CC1=O. The maximum Gasteiger partial charge on any atom is 0.329 e. The highest BCUT2D eigenvalue weighted by molar-refractivity contribution is 6.39. The van der Waals surface area contributed by atoms with Crippen LogP contribution < -0.4 is 0 Å². The van der Waals surface area contributed by atoms with Crippen LogP contribution in [0.2, 0.25) is 0 Å².